The summed E-state index contributed by atoms with van der Waals surface area (Å²) in [5.41, 5.74) is 6.39. The monoisotopic (exact) mass is 234 g/mol. The van der Waals surface area contributed by atoms with E-state index in [1.54, 1.807) is 18.6 Å². The number of nitrogens with two attached hydrogens (primary N) is 1. The molecule has 1 aliphatic heterocycles. The fourth-order valence-electron chi connectivity index (χ4n) is 2.32. The number of piperidine rings is 1. The summed E-state index contributed by atoms with van der Waals surface area (Å²) in [4.78, 5) is 21.7. The van der Waals surface area contributed by atoms with Gasteiger partial charge in [-0.05, 0) is 25.2 Å². The van der Waals surface area contributed by atoms with Crippen LogP contribution in [0.15, 0.2) is 18.6 Å². The average molecular weight is 234 g/mol. The van der Waals surface area contributed by atoms with Gasteiger partial charge < -0.3 is 10.6 Å². The smallest absolute Gasteiger partial charge is 0.236 e. The van der Waals surface area contributed by atoms with Gasteiger partial charge in [0.05, 0.1) is 12.2 Å². The quantitative estimate of drug-likeness (QED) is 0.812. The van der Waals surface area contributed by atoms with E-state index < -0.39 is 0 Å². The van der Waals surface area contributed by atoms with Crippen molar-refractivity contribution >= 4 is 5.91 Å². The van der Waals surface area contributed by atoms with E-state index in [9.17, 15) is 4.79 Å². The average Bonchev–Trinajstić information content (AvgIpc) is 2.39. The van der Waals surface area contributed by atoms with Crippen LogP contribution < -0.4 is 5.73 Å². The van der Waals surface area contributed by atoms with E-state index in [1.165, 1.54) is 0 Å². The predicted octanol–water partition coefficient (Wildman–Crippen LogP) is 0.216. The minimum atomic E-state index is 0.0499. The minimum absolute atomic E-state index is 0.0499. The van der Waals surface area contributed by atoms with E-state index in [0.29, 0.717) is 5.92 Å². The van der Waals surface area contributed by atoms with E-state index in [2.05, 4.69) is 9.97 Å². The third kappa shape index (κ3) is 3.23. The highest BCUT2D eigenvalue weighted by Gasteiger charge is 2.23. The molecule has 5 heteroatoms. The second-order valence-electron chi connectivity index (χ2n) is 4.45. The van der Waals surface area contributed by atoms with Crippen LogP contribution in [-0.2, 0) is 11.2 Å². The third-order valence-corrected chi connectivity index (χ3v) is 3.16. The molecule has 1 aromatic rings. The van der Waals surface area contributed by atoms with Gasteiger partial charge >= 0.3 is 0 Å². The molecule has 1 saturated heterocycles. The first-order valence-corrected chi connectivity index (χ1v) is 6.02. The molecular weight excluding hydrogens is 216 g/mol. The highest BCUT2D eigenvalue weighted by molar-refractivity contribution is 5.78. The van der Waals surface area contributed by atoms with E-state index in [4.69, 9.17) is 5.73 Å². The first-order valence-electron chi connectivity index (χ1n) is 6.02. The number of hydrogen-bond donors (Lipinski definition) is 1. The van der Waals surface area contributed by atoms with Crippen molar-refractivity contribution in [2.75, 3.05) is 19.6 Å². The summed E-state index contributed by atoms with van der Waals surface area (Å²) in [7, 11) is 0. The number of aromatic nitrogens is 2. The first kappa shape index (κ1) is 12.0. The van der Waals surface area contributed by atoms with Crippen LogP contribution in [0.5, 0.6) is 0 Å². The van der Waals surface area contributed by atoms with E-state index >= 15 is 0 Å². The third-order valence-electron chi connectivity index (χ3n) is 3.16. The highest BCUT2D eigenvalue weighted by Crippen LogP contribution is 2.19. The van der Waals surface area contributed by atoms with Crippen molar-refractivity contribution in [3.05, 3.63) is 24.3 Å². The van der Waals surface area contributed by atoms with Gasteiger partial charge in [0.1, 0.15) is 0 Å². The van der Waals surface area contributed by atoms with Crippen LogP contribution in [0.3, 0.4) is 0 Å². The minimum Gasteiger partial charge on any atom is -0.341 e. The van der Waals surface area contributed by atoms with Crippen molar-refractivity contribution in [2.24, 2.45) is 11.7 Å². The van der Waals surface area contributed by atoms with E-state index in [-0.39, 0.29) is 12.5 Å². The summed E-state index contributed by atoms with van der Waals surface area (Å²) in [5.74, 6) is 0.532. The zero-order valence-electron chi connectivity index (χ0n) is 9.88. The van der Waals surface area contributed by atoms with Gasteiger partial charge in [0.2, 0.25) is 5.91 Å². The molecule has 2 heterocycles. The molecule has 0 aromatic carbocycles. The predicted molar refractivity (Wildman–Crippen MR) is 64.1 cm³/mol. The summed E-state index contributed by atoms with van der Waals surface area (Å²) in [6.45, 7) is 1.75. The van der Waals surface area contributed by atoms with Gasteiger partial charge in [-0.2, -0.15) is 0 Å². The standard InChI is InChI=1S/C12H18N4O/c13-7-12(17)16-5-1-2-10(9-16)6-11-8-14-3-4-15-11/h3-4,8,10H,1-2,5-7,9,13H2. The summed E-state index contributed by atoms with van der Waals surface area (Å²) < 4.78 is 0. The number of amides is 1. The van der Waals surface area contributed by atoms with Gasteiger partial charge in [0.25, 0.3) is 0 Å². The van der Waals surface area contributed by atoms with E-state index in [1.807, 2.05) is 4.90 Å². The SMILES string of the molecule is NCC(=O)N1CCCC(Cc2cnccn2)C1. The van der Waals surface area contributed by atoms with Crippen molar-refractivity contribution < 1.29 is 4.79 Å². The Labute approximate surface area is 101 Å². The maximum atomic E-state index is 11.5. The molecule has 2 rings (SSSR count). The van der Waals surface area contributed by atoms with Crippen LogP contribution >= 0.6 is 0 Å². The lowest BCUT2D eigenvalue weighted by Gasteiger charge is -2.32. The molecule has 0 radical (unpaired) electrons. The molecule has 0 spiro atoms. The lowest BCUT2D eigenvalue weighted by atomic mass is 9.93. The molecule has 0 bridgehead atoms. The van der Waals surface area contributed by atoms with Crippen molar-refractivity contribution in [3.8, 4) is 0 Å². The lowest BCUT2D eigenvalue weighted by molar-refractivity contribution is -0.131. The topological polar surface area (TPSA) is 72.1 Å². The Bertz CT molecular complexity index is 368. The summed E-state index contributed by atoms with van der Waals surface area (Å²) >= 11 is 0. The molecule has 1 amide bonds. The van der Waals surface area contributed by atoms with E-state index in [0.717, 1.165) is 38.0 Å². The van der Waals surface area contributed by atoms with Gasteiger partial charge in [-0.15, -0.1) is 0 Å². The fraction of sp³-hybridized carbons (Fsp3) is 0.583. The lowest BCUT2D eigenvalue weighted by Crippen LogP contribution is -2.43. The van der Waals surface area contributed by atoms with Crippen molar-refractivity contribution in [2.45, 2.75) is 19.3 Å². The largest absolute Gasteiger partial charge is 0.341 e. The summed E-state index contributed by atoms with van der Waals surface area (Å²) in [5, 5.41) is 0. The molecule has 1 atom stereocenters. The van der Waals surface area contributed by atoms with Gasteiger partial charge in [-0.3, -0.25) is 14.8 Å². The molecule has 92 valence electrons. The van der Waals surface area contributed by atoms with Crippen molar-refractivity contribution in [1.82, 2.24) is 14.9 Å². The molecule has 0 saturated carbocycles. The van der Waals surface area contributed by atoms with Crippen LogP contribution in [0.4, 0.5) is 0 Å². The maximum Gasteiger partial charge on any atom is 0.236 e. The molecule has 17 heavy (non-hydrogen) atoms. The number of carbonyl (C=O) groups excluding carboxylic acids is 1. The van der Waals surface area contributed by atoms with Crippen LogP contribution in [-0.4, -0.2) is 40.4 Å². The Morgan fingerprint density at radius 2 is 2.41 bits per heavy atom. The fourth-order valence-corrected chi connectivity index (χ4v) is 2.32. The second-order valence-corrected chi connectivity index (χ2v) is 4.45. The zero-order chi connectivity index (χ0) is 12.1. The Morgan fingerprint density at radius 3 is 3.12 bits per heavy atom. The molecular formula is C12H18N4O. The molecule has 2 N–H and O–H groups in total. The number of hydrogen-bond acceptors (Lipinski definition) is 4. The molecule has 1 aromatic heterocycles. The molecule has 1 aliphatic rings. The molecule has 0 aliphatic carbocycles. The van der Waals surface area contributed by atoms with Gasteiger partial charge in [0.15, 0.2) is 0 Å². The first-order chi connectivity index (χ1) is 8.29. The summed E-state index contributed by atoms with van der Waals surface area (Å²) in [6, 6.07) is 0. The normalized spacial score (nSPS) is 20.3. The van der Waals surface area contributed by atoms with Crippen LogP contribution in [0.1, 0.15) is 18.5 Å². The van der Waals surface area contributed by atoms with Gasteiger partial charge in [-0.25, -0.2) is 0 Å². The Morgan fingerprint density at radius 1 is 1.53 bits per heavy atom. The Hall–Kier alpha value is -1.49. The number of carbonyl (C=O) groups is 1. The summed E-state index contributed by atoms with van der Waals surface area (Å²) in [6.07, 6.45) is 8.27. The second kappa shape index (κ2) is 5.72. The van der Waals surface area contributed by atoms with Crippen LogP contribution in [0.25, 0.3) is 0 Å². The van der Waals surface area contributed by atoms with Crippen LogP contribution in [0.2, 0.25) is 0 Å². The molecule has 1 fully saturated rings. The zero-order valence-corrected chi connectivity index (χ0v) is 9.88. The number of nitrogens with zero attached hydrogens (tertiary/aromatic N) is 3. The Kier molecular flexibility index (Phi) is 4.03. The van der Waals surface area contributed by atoms with Crippen molar-refractivity contribution in [1.29, 1.82) is 0 Å². The van der Waals surface area contributed by atoms with Gasteiger partial charge in [0, 0.05) is 31.7 Å². The number of likely N-dealkylation sites (tertiary alicyclic amines) is 1. The Balaban J connectivity index is 1.92. The van der Waals surface area contributed by atoms with Crippen molar-refractivity contribution in [3.63, 3.8) is 0 Å². The maximum absolute atomic E-state index is 11.5. The van der Waals surface area contributed by atoms with Gasteiger partial charge in [-0.1, -0.05) is 0 Å². The molecule has 5 nitrogen and oxygen atoms in total. The highest BCUT2D eigenvalue weighted by atomic mass is 16.2. The van der Waals surface area contributed by atoms with Crippen LogP contribution in [0, 0.1) is 5.92 Å². The number of rotatable bonds is 3. The molecule has 1 unspecified atom stereocenters.